The van der Waals surface area contributed by atoms with Crippen LogP contribution in [0.4, 0.5) is 14.5 Å². The van der Waals surface area contributed by atoms with Gasteiger partial charge in [0, 0.05) is 18.0 Å². The van der Waals surface area contributed by atoms with E-state index in [1.165, 1.54) is 18.2 Å². The van der Waals surface area contributed by atoms with E-state index in [0.717, 1.165) is 23.7 Å². The molecule has 1 heterocycles. The van der Waals surface area contributed by atoms with Crippen molar-refractivity contribution in [1.82, 2.24) is 4.72 Å². The summed E-state index contributed by atoms with van der Waals surface area (Å²) in [4.78, 5) is 13.7. The zero-order chi connectivity index (χ0) is 18.0. The molecule has 1 aliphatic rings. The van der Waals surface area contributed by atoms with Gasteiger partial charge in [-0.05, 0) is 30.3 Å². The first-order valence-electron chi connectivity index (χ1n) is 7.47. The monoisotopic (exact) mass is 384 g/mol. The highest BCUT2D eigenvalue weighted by atomic mass is 35.5. The molecule has 2 aromatic carbocycles. The second-order valence-electron chi connectivity index (χ2n) is 5.52. The molecule has 1 aliphatic heterocycles. The van der Waals surface area contributed by atoms with Crippen molar-refractivity contribution in [3.05, 3.63) is 58.6 Å². The van der Waals surface area contributed by atoms with Crippen LogP contribution in [0.5, 0.6) is 5.75 Å². The summed E-state index contributed by atoms with van der Waals surface area (Å²) in [6.45, 7) is 1.16. The van der Waals surface area contributed by atoms with Crippen molar-refractivity contribution < 1.29 is 18.3 Å². The van der Waals surface area contributed by atoms with Gasteiger partial charge in [-0.25, -0.2) is 8.78 Å². The number of hydrogen-bond acceptors (Lipinski definition) is 4. The van der Waals surface area contributed by atoms with Gasteiger partial charge in [0.15, 0.2) is 0 Å². The summed E-state index contributed by atoms with van der Waals surface area (Å²) < 4.78 is 35.2. The molecule has 0 saturated carbocycles. The molecule has 1 N–H and O–H groups in total. The number of benzene rings is 2. The molecule has 0 bridgehead atoms. The highest BCUT2D eigenvalue weighted by Crippen LogP contribution is 2.31. The molecule has 1 fully saturated rings. The molecule has 0 aromatic heterocycles. The Balaban J connectivity index is 1.63. The van der Waals surface area contributed by atoms with Gasteiger partial charge in [0.1, 0.15) is 23.5 Å². The minimum atomic E-state index is -0.694. The van der Waals surface area contributed by atoms with Crippen LogP contribution in [0.1, 0.15) is 10.4 Å². The van der Waals surface area contributed by atoms with Crippen molar-refractivity contribution in [3.63, 3.8) is 0 Å². The Bertz CT molecular complexity index is 783. The van der Waals surface area contributed by atoms with Gasteiger partial charge >= 0.3 is 0 Å². The van der Waals surface area contributed by atoms with E-state index in [1.54, 1.807) is 18.4 Å². The molecule has 2 aromatic rings. The van der Waals surface area contributed by atoms with Crippen molar-refractivity contribution in [3.8, 4) is 5.75 Å². The summed E-state index contributed by atoms with van der Waals surface area (Å²) in [5, 5.41) is 0.174. The third-order valence-corrected chi connectivity index (χ3v) is 4.48. The number of amides is 1. The van der Waals surface area contributed by atoms with E-state index in [1.807, 2.05) is 4.90 Å². The summed E-state index contributed by atoms with van der Waals surface area (Å²) in [6.07, 6.45) is 1.51. The first-order valence-corrected chi connectivity index (χ1v) is 9.07. The quantitative estimate of drug-likeness (QED) is 0.794. The second-order valence-corrected chi connectivity index (χ2v) is 6.54. The molecule has 8 heteroatoms. The predicted octanol–water partition coefficient (Wildman–Crippen LogP) is 3.89. The third-order valence-electron chi connectivity index (χ3n) is 3.79. The van der Waals surface area contributed by atoms with E-state index in [2.05, 4.69) is 4.72 Å². The van der Waals surface area contributed by atoms with Crippen LogP contribution < -0.4 is 14.4 Å². The molecular weight excluding hydrogens is 370 g/mol. The standard InChI is InChI=1S/C17H15ClF2N2O2S/c1-25-21-17(23)13-6-14(18)16(7-15(13)20)24-12-8-22(9-12)11-4-2-10(19)3-5-11/h2-7,12H,8-9H2,1H3,(H,21,23). The van der Waals surface area contributed by atoms with Gasteiger partial charge in [0.05, 0.1) is 23.7 Å². The summed E-state index contributed by atoms with van der Waals surface area (Å²) in [5.41, 5.74) is 0.760. The minimum Gasteiger partial charge on any atom is -0.485 e. The van der Waals surface area contributed by atoms with Crippen LogP contribution >= 0.6 is 23.5 Å². The van der Waals surface area contributed by atoms with Crippen molar-refractivity contribution in [2.45, 2.75) is 6.10 Å². The Labute approximate surface area is 153 Å². The third kappa shape index (κ3) is 3.99. The Morgan fingerprint density at radius 3 is 2.60 bits per heavy atom. The van der Waals surface area contributed by atoms with Crippen LogP contribution in [0, 0.1) is 11.6 Å². The van der Waals surface area contributed by atoms with Crippen LogP contribution in [0.3, 0.4) is 0 Å². The largest absolute Gasteiger partial charge is 0.485 e. The first kappa shape index (κ1) is 17.8. The number of nitrogens with zero attached hydrogens (tertiary/aromatic N) is 1. The van der Waals surface area contributed by atoms with E-state index in [4.69, 9.17) is 16.3 Å². The summed E-state index contributed by atoms with van der Waals surface area (Å²) in [5.74, 6) is -1.33. The van der Waals surface area contributed by atoms with Gasteiger partial charge in [-0.1, -0.05) is 23.5 Å². The summed E-state index contributed by atoms with van der Waals surface area (Å²) in [7, 11) is 0. The molecule has 25 heavy (non-hydrogen) atoms. The fraction of sp³-hybridized carbons (Fsp3) is 0.235. The molecule has 0 unspecified atom stereocenters. The predicted molar refractivity (Wildman–Crippen MR) is 95.4 cm³/mol. The Hall–Kier alpha value is -1.99. The fourth-order valence-corrected chi connectivity index (χ4v) is 3.00. The average Bonchev–Trinajstić information content (AvgIpc) is 2.54. The first-order chi connectivity index (χ1) is 12.0. The zero-order valence-corrected chi connectivity index (χ0v) is 14.8. The maximum absolute atomic E-state index is 14.1. The molecule has 132 valence electrons. The molecule has 0 radical (unpaired) electrons. The molecule has 1 amide bonds. The number of halogens is 3. The number of carbonyl (C=O) groups is 1. The molecule has 4 nitrogen and oxygen atoms in total. The van der Waals surface area contributed by atoms with Crippen molar-refractivity contribution in [2.24, 2.45) is 0 Å². The normalized spacial score (nSPS) is 14.2. The van der Waals surface area contributed by atoms with Crippen LogP contribution in [0.25, 0.3) is 0 Å². The number of carbonyl (C=O) groups excluding carboxylic acids is 1. The van der Waals surface area contributed by atoms with E-state index in [-0.39, 0.29) is 28.3 Å². The topological polar surface area (TPSA) is 41.6 Å². The van der Waals surface area contributed by atoms with Gasteiger partial charge in [0.2, 0.25) is 0 Å². The van der Waals surface area contributed by atoms with Gasteiger partial charge in [-0.2, -0.15) is 0 Å². The van der Waals surface area contributed by atoms with Crippen molar-refractivity contribution >= 4 is 35.1 Å². The highest BCUT2D eigenvalue weighted by molar-refractivity contribution is 7.97. The van der Waals surface area contributed by atoms with Crippen molar-refractivity contribution in [1.29, 1.82) is 0 Å². The zero-order valence-electron chi connectivity index (χ0n) is 13.3. The molecule has 0 atom stereocenters. The lowest BCUT2D eigenvalue weighted by molar-refractivity contribution is 0.0980. The van der Waals surface area contributed by atoms with Crippen LogP contribution in [-0.2, 0) is 0 Å². The maximum Gasteiger partial charge on any atom is 0.264 e. The lowest BCUT2D eigenvalue weighted by Crippen LogP contribution is -2.54. The molecule has 0 aliphatic carbocycles. The number of hydrogen-bond donors (Lipinski definition) is 1. The van der Waals surface area contributed by atoms with Crippen molar-refractivity contribution in [2.75, 3.05) is 24.2 Å². The summed E-state index contributed by atoms with van der Waals surface area (Å²) >= 11 is 7.18. The lowest BCUT2D eigenvalue weighted by Gasteiger charge is -2.40. The van der Waals surface area contributed by atoms with Crippen LogP contribution in [-0.4, -0.2) is 31.4 Å². The SMILES string of the molecule is CSNC(=O)c1cc(Cl)c(OC2CN(c3ccc(F)cc3)C2)cc1F. The van der Waals surface area contributed by atoms with Gasteiger partial charge in [-0.3, -0.25) is 9.52 Å². The number of anilines is 1. The molecule has 0 spiro atoms. The number of ether oxygens (including phenoxy) is 1. The Morgan fingerprint density at radius 1 is 1.28 bits per heavy atom. The van der Waals surface area contributed by atoms with Crippen LogP contribution in [0.2, 0.25) is 5.02 Å². The Kier molecular flexibility index (Phi) is 5.34. The van der Waals surface area contributed by atoms with Crippen LogP contribution in [0.15, 0.2) is 36.4 Å². The highest BCUT2D eigenvalue weighted by Gasteiger charge is 2.29. The maximum atomic E-state index is 14.1. The fourth-order valence-electron chi connectivity index (χ4n) is 2.50. The van der Waals surface area contributed by atoms with E-state index in [0.29, 0.717) is 13.1 Å². The lowest BCUT2D eigenvalue weighted by atomic mass is 10.1. The van der Waals surface area contributed by atoms with Gasteiger partial charge in [0.25, 0.3) is 5.91 Å². The average molecular weight is 385 g/mol. The minimum absolute atomic E-state index is 0.131. The van der Waals surface area contributed by atoms with Gasteiger partial charge in [-0.15, -0.1) is 0 Å². The number of rotatable bonds is 5. The van der Waals surface area contributed by atoms with E-state index >= 15 is 0 Å². The molecule has 1 saturated heterocycles. The Morgan fingerprint density at radius 2 is 1.96 bits per heavy atom. The smallest absolute Gasteiger partial charge is 0.264 e. The van der Waals surface area contributed by atoms with Gasteiger partial charge < -0.3 is 9.64 Å². The number of nitrogens with one attached hydrogen (secondary N) is 1. The summed E-state index contributed by atoms with van der Waals surface area (Å²) in [6, 6.07) is 8.56. The second kappa shape index (κ2) is 7.49. The molecule has 3 rings (SSSR count). The van der Waals surface area contributed by atoms with E-state index < -0.39 is 11.7 Å². The van der Waals surface area contributed by atoms with E-state index in [9.17, 15) is 13.6 Å². The molecular formula is C17H15ClF2N2O2S.